The predicted octanol–water partition coefficient (Wildman–Crippen LogP) is -0.919. The van der Waals surface area contributed by atoms with Gasteiger partial charge in [0.1, 0.15) is 13.1 Å². The van der Waals surface area contributed by atoms with Gasteiger partial charge >= 0.3 is 0 Å². The van der Waals surface area contributed by atoms with E-state index in [1.165, 1.54) is 4.90 Å². The molecule has 0 unspecified atom stereocenters. The van der Waals surface area contributed by atoms with Gasteiger partial charge in [0.15, 0.2) is 0 Å². The minimum Gasteiger partial charge on any atom is -0.320 e. The van der Waals surface area contributed by atoms with Crippen LogP contribution in [0.15, 0.2) is 6.20 Å². The molecule has 1 fully saturated rings. The average Bonchev–Trinajstić information content (AvgIpc) is 2.68. The van der Waals surface area contributed by atoms with E-state index in [4.69, 9.17) is 0 Å². The van der Waals surface area contributed by atoms with Crippen LogP contribution in [0, 0.1) is 0 Å². The molecule has 1 aromatic heterocycles. The zero-order valence-corrected chi connectivity index (χ0v) is 10.3. The highest BCUT2D eigenvalue weighted by Gasteiger charge is 2.29. The molecular formula is C11H14N4O3. The molecule has 0 atom stereocenters. The van der Waals surface area contributed by atoms with E-state index in [0.717, 1.165) is 0 Å². The standard InChI is InChI=1S/C11H14N4O3/c1-3-8-7(4-14(2)13-8)11(18)15-5-9(16)12-10(17)6-15/h4H,3,5-6H2,1-2H3,(H,12,16,17). The number of hydrogen-bond donors (Lipinski definition) is 1. The number of carbonyl (C=O) groups is 3. The second-order valence-corrected chi connectivity index (χ2v) is 4.15. The number of piperazine rings is 1. The third-order valence-corrected chi connectivity index (χ3v) is 2.71. The number of nitrogens with zero attached hydrogens (tertiary/aromatic N) is 3. The molecule has 1 aliphatic heterocycles. The van der Waals surface area contributed by atoms with Gasteiger partial charge in [0.05, 0.1) is 11.3 Å². The number of carbonyl (C=O) groups excluding carboxylic acids is 3. The van der Waals surface area contributed by atoms with Crippen LogP contribution in [-0.4, -0.2) is 45.5 Å². The summed E-state index contributed by atoms with van der Waals surface area (Å²) in [5.74, 6) is -1.24. The van der Waals surface area contributed by atoms with Crippen molar-refractivity contribution in [2.45, 2.75) is 13.3 Å². The summed E-state index contributed by atoms with van der Waals surface area (Å²) in [4.78, 5) is 35.9. The fourth-order valence-corrected chi connectivity index (χ4v) is 1.93. The van der Waals surface area contributed by atoms with Crippen molar-refractivity contribution in [3.8, 4) is 0 Å². The van der Waals surface area contributed by atoms with E-state index in [0.29, 0.717) is 17.7 Å². The van der Waals surface area contributed by atoms with Crippen molar-refractivity contribution < 1.29 is 14.4 Å². The van der Waals surface area contributed by atoms with E-state index >= 15 is 0 Å². The molecule has 0 saturated carbocycles. The van der Waals surface area contributed by atoms with Crippen LogP contribution in [-0.2, 0) is 23.1 Å². The fraction of sp³-hybridized carbons (Fsp3) is 0.455. The molecule has 1 saturated heterocycles. The highest BCUT2D eigenvalue weighted by Crippen LogP contribution is 2.11. The van der Waals surface area contributed by atoms with Crippen molar-refractivity contribution in [2.75, 3.05) is 13.1 Å². The first-order valence-electron chi connectivity index (χ1n) is 5.65. The summed E-state index contributed by atoms with van der Waals surface area (Å²) < 4.78 is 1.55. The van der Waals surface area contributed by atoms with Crippen LogP contribution >= 0.6 is 0 Å². The maximum Gasteiger partial charge on any atom is 0.258 e. The second kappa shape index (κ2) is 4.59. The van der Waals surface area contributed by atoms with Crippen molar-refractivity contribution in [3.05, 3.63) is 17.5 Å². The molecule has 2 heterocycles. The fourth-order valence-electron chi connectivity index (χ4n) is 1.93. The Kier molecular flexibility index (Phi) is 3.14. The van der Waals surface area contributed by atoms with Gasteiger partial charge in [0.25, 0.3) is 5.91 Å². The number of nitrogens with one attached hydrogen (secondary N) is 1. The van der Waals surface area contributed by atoms with Gasteiger partial charge in [-0.3, -0.25) is 24.4 Å². The summed E-state index contributed by atoms with van der Waals surface area (Å²) in [5, 5.41) is 6.32. The summed E-state index contributed by atoms with van der Waals surface area (Å²) in [5.41, 5.74) is 1.11. The first-order valence-corrected chi connectivity index (χ1v) is 5.65. The van der Waals surface area contributed by atoms with Crippen LogP contribution in [0.3, 0.4) is 0 Å². The molecule has 0 aromatic carbocycles. The lowest BCUT2D eigenvalue weighted by atomic mass is 10.1. The Balaban J connectivity index is 2.25. The quantitative estimate of drug-likeness (QED) is 0.688. The van der Waals surface area contributed by atoms with Crippen LogP contribution in [0.5, 0.6) is 0 Å². The number of imide groups is 1. The van der Waals surface area contributed by atoms with E-state index in [1.807, 2.05) is 6.92 Å². The third-order valence-electron chi connectivity index (χ3n) is 2.71. The molecule has 18 heavy (non-hydrogen) atoms. The van der Waals surface area contributed by atoms with E-state index in [9.17, 15) is 14.4 Å². The van der Waals surface area contributed by atoms with Crippen molar-refractivity contribution in [2.24, 2.45) is 7.05 Å². The highest BCUT2D eigenvalue weighted by molar-refractivity contribution is 6.05. The third kappa shape index (κ3) is 2.24. The zero-order chi connectivity index (χ0) is 13.3. The van der Waals surface area contributed by atoms with E-state index < -0.39 is 11.8 Å². The lowest BCUT2D eigenvalue weighted by molar-refractivity contribution is -0.135. The molecule has 0 spiro atoms. The van der Waals surface area contributed by atoms with Gasteiger partial charge in [-0.25, -0.2) is 0 Å². The van der Waals surface area contributed by atoms with Crippen molar-refractivity contribution in [1.82, 2.24) is 20.0 Å². The van der Waals surface area contributed by atoms with Crippen molar-refractivity contribution in [3.63, 3.8) is 0 Å². The van der Waals surface area contributed by atoms with Crippen LogP contribution in [0.2, 0.25) is 0 Å². The molecule has 1 N–H and O–H groups in total. The van der Waals surface area contributed by atoms with Gasteiger partial charge < -0.3 is 4.90 Å². The van der Waals surface area contributed by atoms with Crippen LogP contribution < -0.4 is 5.32 Å². The maximum atomic E-state index is 12.2. The Morgan fingerprint density at radius 3 is 2.56 bits per heavy atom. The summed E-state index contributed by atoms with van der Waals surface area (Å²) in [6.07, 6.45) is 2.23. The van der Waals surface area contributed by atoms with Gasteiger partial charge in [-0.1, -0.05) is 6.92 Å². The van der Waals surface area contributed by atoms with E-state index in [2.05, 4.69) is 10.4 Å². The number of hydrogen-bond acceptors (Lipinski definition) is 4. The second-order valence-electron chi connectivity index (χ2n) is 4.15. The first-order chi connectivity index (χ1) is 8.51. The molecule has 7 nitrogen and oxygen atoms in total. The van der Waals surface area contributed by atoms with Crippen molar-refractivity contribution >= 4 is 17.7 Å². The Labute approximate surface area is 104 Å². The minimum atomic E-state index is -0.457. The SMILES string of the molecule is CCc1nn(C)cc1C(=O)N1CC(=O)NC(=O)C1. The monoisotopic (exact) mass is 250 g/mol. The molecular weight excluding hydrogens is 236 g/mol. The van der Waals surface area contributed by atoms with Crippen molar-refractivity contribution in [1.29, 1.82) is 0 Å². The normalized spacial score (nSPS) is 15.8. The van der Waals surface area contributed by atoms with Gasteiger partial charge in [0.2, 0.25) is 11.8 Å². The first kappa shape index (κ1) is 12.3. The molecule has 96 valence electrons. The smallest absolute Gasteiger partial charge is 0.258 e. The lowest BCUT2D eigenvalue weighted by Crippen LogP contribution is -2.53. The van der Waals surface area contributed by atoms with Gasteiger partial charge in [-0.15, -0.1) is 0 Å². The summed E-state index contributed by atoms with van der Waals surface area (Å²) in [7, 11) is 1.73. The average molecular weight is 250 g/mol. The number of rotatable bonds is 2. The number of aromatic nitrogens is 2. The minimum absolute atomic E-state index is 0.0946. The number of amides is 3. The van der Waals surface area contributed by atoms with Crippen LogP contribution in [0.4, 0.5) is 0 Å². The molecule has 1 aliphatic rings. The Hall–Kier alpha value is -2.18. The van der Waals surface area contributed by atoms with E-state index in [1.54, 1.807) is 17.9 Å². The number of aryl methyl sites for hydroxylation is 2. The molecule has 0 bridgehead atoms. The topological polar surface area (TPSA) is 84.3 Å². The molecule has 3 amide bonds. The molecule has 7 heteroatoms. The van der Waals surface area contributed by atoms with Gasteiger partial charge in [0, 0.05) is 13.2 Å². The van der Waals surface area contributed by atoms with Crippen LogP contribution in [0.1, 0.15) is 23.0 Å². The van der Waals surface area contributed by atoms with E-state index in [-0.39, 0.29) is 19.0 Å². The predicted molar refractivity (Wildman–Crippen MR) is 61.6 cm³/mol. The summed E-state index contributed by atoms with van der Waals surface area (Å²) in [6.45, 7) is 1.71. The molecule has 0 aliphatic carbocycles. The molecule has 2 rings (SSSR count). The van der Waals surface area contributed by atoms with Gasteiger partial charge in [-0.2, -0.15) is 5.10 Å². The Morgan fingerprint density at radius 1 is 1.39 bits per heavy atom. The largest absolute Gasteiger partial charge is 0.320 e. The Bertz CT molecular complexity index is 504. The van der Waals surface area contributed by atoms with Crippen LogP contribution in [0.25, 0.3) is 0 Å². The zero-order valence-electron chi connectivity index (χ0n) is 10.3. The maximum absolute atomic E-state index is 12.2. The molecule has 0 radical (unpaired) electrons. The Morgan fingerprint density at radius 2 is 2.00 bits per heavy atom. The summed E-state index contributed by atoms with van der Waals surface area (Å²) >= 11 is 0. The molecule has 1 aromatic rings. The highest BCUT2D eigenvalue weighted by atomic mass is 16.2. The summed E-state index contributed by atoms with van der Waals surface area (Å²) in [6, 6.07) is 0. The lowest BCUT2D eigenvalue weighted by Gasteiger charge is -2.25. The van der Waals surface area contributed by atoms with Gasteiger partial charge in [-0.05, 0) is 6.42 Å².